The fourth-order valence-electron chi connectivity index (χ4n) is 2.24. The lowest BCUT2D eigenvalue weighted by Gasteiger charge is -2.23. The van der Waals surface area contributed by atoms with Gasteiger partial charge in [-0.3, -0.25) is 5.43 Å². The Morgan fingerprint density at radius 2 is 1.77 bits per heavy atom. The van der Waals surface area contributed by atoms with E-state index in [-0.39, 0.29) is 6.23 Å². The molecule has 0 aromatic carbocycles. The van der Waals surface area contributed by atoms with Crippen molar-refractivity contribution in [3.8, 4) is 0 Å². The van der Waals surface area contributed by atoms with E-state index in [1.54, 1.807) is 0 Å². The molecule has 0 amide bonds. The van der Waals surface area contributed by atoms with Crippen LogP contribution in [0.25, 0.3) is 0 Å². The first-order valence-corrected chi connectivity index (χ1v) is 5.39. The molecule has 1 aliphatic carbocycles. The van der Waals surface area contributed by atoms with Gasteiger partial charge in [0.25, 0.3) is 0 Å². The van der Waals surface area contributed by atoms with Gasteiger partial charge >= 0.3 is 0 Å². The Balaban J connectivity index is 1.81. The van der Waals surface area contributed by atoms with Crippen molar-refractivity contribution >= 4 is 6.40 Å². The summed E-state index contributed by atoms with van der Waals surface area (Å²) in [5, 5.41) is 3.90. The first-order valence-electron chi connectivity index (χ1n) is 5.39. The van der Waals surface area contributed by atoms with Crippen LogP contribution < -0.4 is 5.43 Å². The molecule has 1 fully saturated rings. The number of nitrogens with zero attached hydrogens (tertiary/aromatic N) is 1. The number of nitrogens with one attached hydrogen (secondary N) is 1. The first kappa shape index (κ1) is 8.85. The molecular weight excluding hydrogens is 164 g/mol. The maximum absolute atomic E-state index is 5.39. The van der Waals surface area contributed by atoms with Gasteiger partial charge in [-0.1, -0.05) is 32.1 Å². The van der Waals surface area contributed by atoms with E-state index in [1.165, 1.54) is 51.3 Å². The Kier molecular flexibility index (Phi) is 3.06. The molecule has 74 valence electrons. The van der Waals surface area contributed by atoms with E-state index >= 15 is 0 Å². The molecule has 1 atom stereocenters. The largest absolute Gasteiger partial charge is 0.457 e. The second-order valence-electron chi connectivity index (χ2n) is 4.03. The van der Waals surface area contributed by atoms with Crippen LogP contribution in [-0.4, -0.2) is 12.6 Å². The first-order chi connectivity index (χ1) is 6.47. The van der Waals surface area contributed by atoms with Gasteiger partial charge in [0.05, 0.1) is 0 Å². The zero-order valence-corrected chi connectivity index (χ0v) is 8.04. The zero-order chi connectivity index (χ0) is 8.93. The van der Waals surface area contributed by atoms with Gasteiger partial charge in [-0.2, -0.15) is 0 Å². The van der Waals surface area contributed by atoms with E-state index in [0.29, 0.717) is 5.92 Å². The van der Waals surface area contributed by atoms with E-state index < -0.39 is 0 Å². The van der Waals surface area contributed by atoms with E-state index in [2.05, 4.69) is 10.5 Å². The van der Waals surface area contributed by atoms with Crippen molar-refractivity contribution in [2.45, 2.75) is 51.2 Å². The average molecular weight is 182 g/mol. The zero-order valence-electron chi connectivity index (χ0n) is 8.04. The summed E-state index contributed by atoms with van der Waals surface area (Å²) in [4.78, 5) is 0. The summed E-state index contributed by atoms with van der Waals surface area (Å²) in [6.07, 6.45) is 11.2. The number of hydrogen-bond acceptors (Lipinski definition) is 3. The molecule has 0 radical (unpaired) electrons. The van der Waals surface area contributed by atoms with E-state index in [1.807, 2.05) is 0 Å². The molecule has 3 heteroatoms. The molecule has 1 N–H and O–H groups in total. The fourth-order valence-corrected chi connectivity index (χ4v) is 2.24. The topological polar surface area (TPSA) is 33.6 Å². The molecule has 2 aliphatic rings. The second-order valence-corrected chi connectivity index (χ2v) is 4.03. The SMILES string of the molecule is C1=NNC(C2CCCCCCC2)O1. The Bertz CT molecular complexity index is 166. The van der Waals surface area contributed by atoms with Crippen LogP contribution in [0.4, 0.5) is 0 Å². The molecule has 3 nitrogen and oxygen atoms in total. The standard InChI is InChI=1S/C10H18N2O/c1-2-4-6-9(7-5-3-1)10-12-11-8-13-10/h8-10,12H,1-7H2. The summed E-state index contributed by atoms with van der Waals surface area (Å²) in [6.45, 7) is 0. The van der Waals surface area contributed by atoms with Crippen LogP contribution in [0.5, 0.6) is 0 Å². The fraction of sp³-hybridized carbons (Fsp3) is 0.900. The second kappa shape index (κ2) is 4.49. The van der Waals surface area contributed by atoms with Crippen molar-refractivity contribution < 1.29 is 4.74 Å². The van der Waals surface area contributed by atoms with E-state index in [4.69, 9.17) is 4.74 Å². The van der Waals surface area contributed by atoms with Gasteiger partial charge in [0.15, 0.2) is 12.6 Å². The van der Waals surface area contributed by atoms with Gasteiger partial charge in [0.2, 0.25) is 0 Å². The highest BCUT2D eigenvalue weighted by molar-refractivity contribution is 5.47. The summed E-state index contributed by atoms with van der Waals surface area (Å²) < 4.78 is 5.39. The molecule has 2 rings (SSSR count). The van der Waals surface area contributed by atoms with Crippen molar-refractivity contribution in [2.75, 3.05) is 0 Å². The highest BCUT2D eigenvalue weighted by atomic mass is 16.5. The van der Waals surface area contributed by atoms with Crippen molar-refractivity contribution in [1.82, 2.24) is 5.43 Å². The lowest BCUT2D eigenvalue weighted by Crippen LogP contribution is -2.31. The summed E-state index contributed by atoms with van der Waals surface area (Å²) in [5.74, 6) is 0.669. The molecule has 1 aliphatic heterocycles. The normalized spacial score (nSPS) is 30.3. The Morgan fingerprint density at radius 1 is 1.08 bits per heavy atom. The third-order valence-corrected chi connectivity index (χ3v) is 3.04. The third-order valence-electron chi connectivity index (χ3n) is 3.04. The van der Waals surface area contributed by atoms with Crippen LogP contribution in [0.2, 0.25) is 0 Å². The molecule has 13 heavy (non-hydrogen) atoms. The van der Waals surface area contributed by atoms with Crippen molar-refractivity contribution in [3.63, 3.8) is 0 Å². The third kappa shape index (κ3) is 2.36. The van der Waals surface area contributed by atoms with Crippen LogP contribution in [0.1, 0.15) is 44.9 Å². The van der Waals surface area contributed by atoms with Gasteiger partial charge in [-0.15, -0.1) is 5.10 Å². The van der Waals surface area contributed by atoms with Gasteiger partial charge in [-0.25, -0.2) is 0 Å². The van der Waals surface area contributed by atoms with E-state index in [0.717, 1.165) is 0 Å². The Morgan fingerprint density at radius 3 is 2.38 bits per heavy atom. The number of ether oxygens (including phenoxy) is 1. The monoisotopic (exact) mass is 182 g/mol. The maximum atomic E-state index is 5.39. The molecule has 0 saturated heterocycles. The van der Waals surface area contributed by atoms with Gasteiger partial charge in [-0.05, 0) is 12.8 Å². The van der Waals surface area contributed by atoms with E-state index in [9.17, 15) is 0 Å². The van der Waals surface area contributed by atoms with Gasteiger partial charge in [0, 0.05) is 5.92 Å². The molecule has 0 aromatic heterocycles. The lowest BCUT2D eigenvalue weighted by atomic mass is 9.90. The quantitative estimate of drug-likeness (QED) is 0.674. The van der Waals surface area contributed by atoms with Crippen LogP contribution >= 0.6 is 0 Å². The highest BCUT2D eigenvalue weighted by Gasteiger charge is 2.24. The van der Waals surface area contributed by atoms with Crippen molar-refractivity contribution in [1.29, 1.82) is 0 Å². The predicted octanol–water partition coefficient (Wildman–Crippen LogP) is 2.24. The Hall–Kier alpha value is -0.730. The lowest BCUT2D eigenvalue weighted by molar-refractivity contribution is 0.104. The molecular formula is C10H18N2O. The summed E-state index contributed by atoms with van der Waals surface area (Å²) in [6, 6.07) is 0. The Labute approximate surface area is 79.5 Å². The molecule has 1 heterocycles. The molecule has 0 aromatic rings. The average Bonchev–Trinajstić information content (AvgIpc) is 2.55. The summed E-state index contributed by atoms with van der Waals surface area (Å²) >= 11 is 0. The van der Waals surface area contributed by atoms with Crippen LogP contribution in [0.15, 0.2) is 5.10 Å². The number of hydrogen-bond donors (Lipinski definition) is 1. The minimum atomic E-state index is 0.165. The molecule has 0 bridgehead atoms. The molecule has 1 saturated carbocycles. The number of rotatable bonds is 1. The molecule has 1 unspecified atom stereocenters. The maximum Gasteiger partial charge on any atom is 0.195 e. The van der Waals surface area contributed by atoms with Gasteiger partial charge in [0.1, 0.15) is 0 Å². The molecule has 0 spiro atoms. The van der Waals surface area contributed by atoms with Crippen LogP contribution in [0, 0.1) is 5.92 Å². The highest BCUT2D eigenvalue weighted by Crippen LogP contribution is 2.25. The summed E-state index contributed by atoms with van der Waals surface area (Å²) in [7, 11) is 0. The van der Waals surface area contributed by atoms with Crippen molar-refractivity contribution in [3.05, 3.63) is 0 Å². The van der Waals surface area contributed by atoms with Gasteiger partial charge < -0.3 is 4.74 Å². The predicted molar refractivity (Wildman–Crippen MR) is 52.3 cm³/mol. The van der Waals surface area contributed by atoms with Crippen molar-refractivity contribution in [2.24, 2.45) is 11.0 Å². The number of hydrazone groups is 1. The summed E-state index contributed by atoms with van der Waals surface area (Å²) in [5.41, 5.74) is 3.02. The smallest absolute Gasteiger partial charge is 0.195 e. The van der Waals surface area contributed by atoms with Crippen LogP contribution in [-0.2, 0) is 4.74 Å². The minimum absolute atomic E-state index is 0.165. The van der Waals surface area contributed by atoms with Crippen LogP contribution in [0.3, 0.4) is 0 Å². The minimum Gasteiger partial charge on any atom is -0.457 e.